The molecule has 0 fully saturated rings. The number of nitrogen functional groups attached to an aromatic ring is 1. The minimum Gasteiger partial charge on any atom is -0.496 e. The Kier molecular flexibility index (Phi) is 3.46. The van der Waals surface area contributed by atoms with E-state index in [-0.39, 0.29) is 0 Å². The molecular weight excluding hydrogens is 226 g/mol. The molecule has 94 valence electrons. The van der Waals surface area contributed by atoms with Crippen LogP contribution in [0, 0.1) is 0 Å². The van der Waals surface area contributed by atoms with Gasteiger partial charge in [-0.15, -0.1) is 0 Å². The normalized spacial score (nSPS) is 10.7. The molecule has 1 heterocycles. The molecule has 0 saturated carbocycles. The molecule has 0 spiro atoms. The van der Waals surface area contributed by atoms with E-state index in [0.29, 0.717) is 17.4 Å². The summed E-state index contributed by atoms with van der Waals surface area (Å²) in [5.41, 5.74) is 8.27. The number of hydrogen-bond acceptors (Lipinski definition) is 4. The van der Waals surface area contributed by atoms with Crippen molar-refractivity contribution in [2.24, 2.45) is 0 Å². The first kappa shape index (κ1) is 12.4. The lowest BCUT2D eigenvalue weighted by Crippen LogP contribution is -1.97. The van der Waals surface area contributed by atoms with Gasteiger partial charge in [-0.05, 0) is 23.6 Å². The van der Waals surface area contributed by atoms with E-state index >= 15 is 0 Å². The van der Waals surface area contributed by atoms with E-state index in [2.05, 4.69) is 35.9 Å². The third kappa shape index (κ3) is 2.42. The third-order valence-electron chi connectivity index (χ3n) is 2.80. The summed E-state index contributed by atoms with van der Waals surface area (Å²) in [6.07, 6.45) is 3.20. The Balaban J connectivity index is 2.53. The van der Waals surface area contributed by atoms with Gasteiger partial charge in [0.2, 0.25) is 0 Å². The maximum absolute atomic E-state index is 5.60. The summed E-state index contributed by atoms with van der Waals surface area (Å²) in [6.45, 7) is 4.30. The first-order chi connectivity index (χ1) is 8.61. The van der Waals surface area contributed by atoms with E-state index in [0.717, 1.165) is 11.3 Å². The van der Waals surface area contributed by atoms with Gasteiger partial charge in [0.25, 0.3) is 0 Å². The average molecular weight is 243 g/mol. The molecule has 2 aromatic rings. The van der Waals surface area contributed by atoms with E-state index in [4.69, 9.17) is 10.5 Å². The van der Waals surface area contributed by atoms with Crippen LogP contribution >= 0.6 is 0 Å². The first-order valence-electron chi connectivity index (χ1n) is 5.87. The lowest BCUT2D eigenvalue weighted by atomic mass is 10.00. The van der Waals surface area contributed by atoms with Crippen molar-refractivity contribution >= 4 is 5.69 Å². The van der Waals surface area contributed by atoms with Crippen LogP contribution in [0.25, 0.3) is 11.4 Å². The Morgan fingerprint density at radius 2 is 1.83 bits per heavy atom. The van der Waals surface area contributed by atoms with Crippen LogP contribution in [0.3, 0.4) is 0 Å². The van der Waals surface area contributed by atoms with Crippen molar-refractivity contribution in [2.45, 2.75) is 19.8 Å². The Hall–Kier alpha value is -2.10. The van der Waals surface area contributed by atoms with Crippen LogP contribution in [-0.2, 0) is 0 Å². The Morgan fingerprint density at radius 1 is 1.17 bits per heavy atom. The van der Waals surface area contributed by atoms with Crippen LogP contribution < -0.4 is 10.5 Å². The number of aromatic nitrogens is 2. The molecule has 4 heteroatoms. The fourth-order valence-electron chi connectivity index (χ4n) is 1.74. The lowest BCUT2D eigenvalue weighted by Gasteiger charge is -2.11. The van der Waals surface area contributed by atoms with Gasteiger partial charge in [-0.2, -0.15) is 0 Å². The summed E-state index contributed by atoms with van der Waals surface area (Å²) in [7, 11) is 1.64. The fraction of sp³-hybridized carbons (Fsp3) is 0.286. The number of hydrogen-bond donors (Lipinski definition) is 1. The molecule has 0 saturated heterocycles. The average Bonchev–Trinajstić information content (AvgIpc) is 2.39. The molecule has 2 rings (SSSR count). The third-order valence-corrected chi connectivity index (χ3v) is 2.80. The van der Waals surface area contributed by atoms with Gasteiger partial charge in [0.15, 0.2) is 5.82 Å². The zero-order valence-corrected chi connectivity index (χ0v) is 10.8. The molecule has 0 aliphatic rings. The number of nitrogens with zero attached hydrogens (tertiary/aromatic N) is 2. The molecule has 0 atom stereocenters. The van der Waals surface area contributed by atoms with Crippen molar-refractivity contribution in [1.29, 1.82) is 0 Å². The van der Waals surface area contributed by atoms with Crippen molar-refractivity contribution in [1.82, 2.24) is 9.97 Å². The number of nitrogens with two attached hydrogens (primary N) is 1. The maximum Gasteiger partial charge on any atom is 0.163 e. The minimum absolute atomic E-state index is 0.448. The van der Waals surface area contributed by atoms with E-state index in [1.165, 1.54) is 5.56 Å². The fourth-order valence-corrected chi connectivity index (χ4v) is 1.74. The second kappa shape index (κ2) is 5.04. The summed E-state index contributed by atoms with van der Waals surface area (Å²) in [5, 5.41) is 0. The van der Waals surface area contributed by atoms with Gasteiger partial charge in [0, 0.05) is 0 Å². The summed E-state index contributed by atoms with van der Waals surface area (Å²) in [6, 6.07) is 6.07. The van der Waals surface area contributed by atoms with Gasteiger partial charge < -0.3 is 10.5 Å². The summed E-state index contributed by atoms with van der Waals surface area (Å²) >= 11 is 0. The van der Waals surface area contributed by atoms with Crippen LogP contribution in [0.1, 0.15) is 25.3 Å². The molecule has 0 radical (unpaired) electrons. The molecule has 0 aliphatic carbocycles. The Morgan fingerprint density at radius 3 is 2.39 bits per heavy atom. The van der Waals surface area contributed by atoms with Crippen molar-refractivity contribution in [3.63, 3.8) is 0 Å². The summed E-state index contributed by atoms with van der Waals surface area (Å²) in [4.78, 5) is 8.48. The topological polar surface area (TPSA) is 61.0 Å². The van der Waals surface area contributed by atoms with Gasteiger partial charge in [0.1, 0.15) is 5.75 Å². The van der Waals surface area contributed by atoms with Gasteiger partial charge in [0.05, 0.1) is 30.8 Å². The molecule has 1 aromatic heterocycles. The van der Waals surface area contributed by atoms with Gasteiger partial charge in [-0.25, -0.2) is 9.97 Å². The predicted octanol–water partition coefficient (Wildman–Crippen LogP) is 2.86. The van der Waals surface area contributed by atoms with E-state index in [9.17, 15) is 0 Å². The van der Waals surface area contributed by atoms with E-state index in [1.54, 1.807) is 19.5 Å². The van der Waals surface area contributed by atoms with Crippen LogP contribution in [0.15, 0.2) is 30.6 Å². The number of ether oxygens (including phenoxy) is 1. The van der Waals surface area contributed by atoms with Crippen LogP contribution in [-0.4, -0.2) is 17.1 Å². The zero-order valence-electron chi connectivity index (χ0n) is 10.8. The highest BCUT2D eigenvalue weighted by atomic mass is 16.5. The van der Waals surface area contributed by atoms with E-state index in [1.807, 2.05) is 6.07 Å². The van der Waals surface area contributed by atoms with Crippen molar-refractivity contribution in [3.8, 4) is 17.1 Å². The first-order valence-corrected chi connectivity index (χ1v) is 5.87. The number of rotatable bonds is 3. The van der Waals surface area contributed by atoms with Crippen molar-refractivity contribution < 1.29 is 4.74 Å². The quantitative estimate of drug-likeness (QED) is 0.900. The SMILES string of the molecule is COc1ccc(C(C)C)cc1-c1ncc(N)cn1. The predicted molar refractivity (Wildman–Crippen MR) is 72.5 cm³/mol. The number of benzene rings is 1. The van der Waals surface area contributed by atoms with Gasteiger partial charge in [-0.3, -0.25) is 0 Å². The maximum atomic E-state index is 5.60. The zero-order chi connectivity index (χ0) is 13.1. The second-order valence-corrected chi connectivity index (χ2v) is 4.45. The molecule has 0 amide bonds. The van der Waals surface area contributed by atoms with Gasteiger partial charge in [-0.1, -0.05) is 19.9 Å². The van der Waals surface area contributed by atoms with Crippen molar-refractivity contribution in [3.05, 3.63) is 36.2 Å². The van der Waals surface area contributed by atoms with Crippen LogP contribution in [0.5, 0.6) is 5.75 Å². The Bertz CT molecular complexity index is 535. The monoisotopic (exact) mass is 243 g/mol. The van der Waals surface area contributed by atoms with Crippen LogP contribution in [0.4, 0.5) is 5.69 Å². The molecule has 0 unspecified atom stereocenters. The lowest BCUT2D eigenvalue weighted by molar-refractivity contribution is 0.416. The smallest absolute Gasteiger partial charge is 0.163 e. The van der Waals surface area contributed by atoms with Crippen molar-refractivity contribution in [2.75, 3.05) is 12.8 Å². The number of anilines is 1. The Labute approximate surface area is 107 Å². The molecule has 18 heavy (non-hydrogen) atoms. The highest BCUT2D eigenvalue weighted by Crippen LogP contribution is 2.30. The second-order valence-electron chi connectivity index (χ2n) is 4.45. The summed E-state index contributed by atoms with van der Waals surface area (Å²) in [5.74, 6) is 1.84. The van der Waals surface area contributed by atoms with Crippen LogP contribution in [0.2, 0.25) is 0 Å². The molecule has 0 aliphatic heterocycles. The molecule has 2 N–H and O–H groups in total. The largest absolute Gasteiger partial charge is 0.496 e. The molecule has 0 bridgehead atoms. The number of methoxy groups -OCH3 is 1. The van der Waals surface area contributed by atoms with E-state index < -0.39 is 0 Å². The standard InChI is InChI=1S/C14H17N3O/c1-9(2)10-4-5-13(18-3)12(6-10)14-16-7-11(15)8-17-14/h4-9H,15H2,1-3H3. The summed E-state index contributed by atoms with van der Waals surface area (Å²) < 4.78 is 5.35. The molecule has 4 nitrogen and oxygen atoms in total. The minimum atomic E-state index is 0.448. The highest BCUT2D eigenvalue weighted by molar-refractivity contribution is 5.65. The molecular formula is C14H17N3O. The van der Waals surface area contributed by atoms with Gasteiger partial charge >= 0.3 is 0 Å². The molecule has 1 aromatic carbocycles. The highest BCUT2D eigenvalue weighted by Gasteiger charge is 2.11.